The first-order valence-electron chi connectivity index (χ1n) is 10.6. The molecule has 11 heteroatoms. The third-order valence-electron chi connectivity index (χ3n) is 4.98. The van der Waals surface area contributed by atoms with E-state index in [0.29, 0.717) is 41.6 Å². The number of nitrogens with two attached hydrogens (primary N) is 1. The lowest BCUT2D eigenvalue weighted by atomic mass is 10.1. The normalized spacial score (nSPS) is 12.8. The van der Waals surface area contributed by atoms with E-state index < -0.39 is 24.5 Å². The third kappa shape index (κ3) is 6.81. The van der Waals surface area contributed by atoms with Crippen molar-refractivity contribution in [3.05, 3.63) is 42.7 Å². The minimum Gasteiger partial charge on any atom is -0.480 e. The van der Waals surface area contributed by atoms with E-state index in [9.17, 15) is 14.7 Å². The van der Waals surface area contributed by atoms with Gasteiger partial charge in [-0.25, -0.2) is 9.78 Å². The number of pyridine rings is 1. The van der Waals surface area contributed by atoms with Gasteiger partial charge in [0.2, 0.25) is 5.88 Å². The zero-order valence-electron chi connectivity index (χ0n) is 18.7. The summed E-state index contributed by atoms with van der Waals surface area (Å²) in [4.78, 5) is 28.4. The Bertz CT molecular complexity index is 1120. The number of aromatic nitrogens is 1. The summed E-state index contributed by atoms with van der Waals surface area (Å²) < 4.78 is 11.5. The molecule has 0 radical (unpaired) electrons. The molecule has 0 bridgehead atoms. The molecular formula is C23H28N4O5S2. The molecule has 1 amide bonds. The number of thioether (sulfide) groups is 1. The number of amides is 1. The van der Waals surface area contributed by atoms with Crippen LogP contribution in [0.15, 0.2) is 47.1 Å². The van der Waals surface area contributed by atoms with Crippen LogP contribution in [0.25, 0.3) is 22.2 Å². The first-order chi connectivity index (χ1) is 16.4. The molecule has 0 spiro atoms. The van der Waals surface area contributed by atoms with Gasteiger partial charge in [0, 0.05) is 29.1 Å². The molecule has 182 valence electrons. The number of hydrogen-bond acceptors (Lipinski definition) is 9. The maximum atomic E-state index is 12.4. The number of carboxylic acids is 1. The van der Waals surface area contributed by atoms with Crippen LogP contribution in [0, 0.1) is 0 Å². The zero-order chi connectivity index (χ0) is 24.5. The Hall–Kier alpha value is -2.89. The molecule has 0 aliphatic rings. The van der Waals surface area contributed by atoms with Gasteiger partial charge >= 0.3 is 5.97 Å². The monoisotopic (exact) mass is 504 g/mol. The van der Waals surface area contributed by atoms with Crippen LogP contribution in [-0.2, 0) is 9.59 Å². The number of furan rings is 1. The fraction of sp³-hybridized carbons (Fsp3) is 0.348. The van der Waals surface area contributed by atoms with Crippen LogP contribution in [-0.4, -0.2) is 65.0 Å². The molecule has 2 heterocycles. The van der Waals surface area contributed by atoms with E-state index in [4.69, 9.17) is 14.9 Å². The van der Waals surface area contributed by atoms with E-state index in [-0.39, 0.29) is 11.9 Å². The van der Waals surface area contributed by atoms with Crippen molar-refractivity contribution in [1.29, 1.82) is 0 Å². The molecule has 0 fully saturated rings. The van der Waals surface area contributed by atoms with Crippen molar-refractivity contribution >= 4 is 52.7 Å². The van der Waals surface area contributed by atoms with E-state index in [0.717, 1.165) is 10.8 Å². The molecule has 0 saturated carbocycles. The molecule has 2 aromatic heterocycles. The molecular weight excluding hydrogens is 476 g/mol. The lowest BCUT2D eigenvalue weighted by molar-refractivity contribution is -0.142. The predicted octanol–water partition coefficient (Wildman–Crippen LogP) is 2.87. The molecule has 0 aliphatic heterocycles. The van der Waals surface area contributed by atoms with Crippen molar-refractivity contribution in [2.75, 3.05) is 36.2 Å². The number of nitrogens with zero attached hydrogens (tertiary/aromatic N) is 1. The van der Waals surface area contributed by atoms with Crippen LogP contribution in [0.4, 0.5) is 5.69 Å². The second kappa shape index (κ2) is 12.5. The number of carbonyl (C=O) groups is 2. The Morgan fingerprint density at radius 1 is 1.29 bits per heavy atom. The second-order valence-electron chi connectivity index (χ2n) is 7.55. The molecule has 9 nitrogen and oxygen atoms in total. The Morgan fingerprint density at radius 3 is 2.82 bits per heavy atom. The van der Waals surface area contributed by atoms with Gasteiger partial charge < -0.3 is 30.6 Å². The Balaban J connectivity index is 1.80. The van der Waals surface area contributed by atoms with Crippen molar-refractivity contribution < 1.29 is 23.8 Å². The molecule has 0 saturated heterocycles. The average Bonchev–Trinajstić information content (AvgIpc) is 3.28. The van der Waals surface area contributed by atoms with Crippen LogP contribution < -0.4 is 21.1 Å². The average molecular weight is 505 g/mol. The van der Waals surface area contributed by atoms with Crippen molar-refractivity contribution in [3.63, 3.8) is 0 Å². The SMILES string of the molecule is CSCCC(NC(=O)COc1nc(-c2occ3ccccc23)ccc1NCC(N)CS)C(=O)O. The van der Waals surface area contributed by atoms with Crippen molar-refractivity contribution in [1.82, 2.24) is 10.3 Å². The fourth-order valence-corrected chi connectivity index (χ4v) is 3.77. The number of nitrogens with one attached hydrogen (secondary N) is 2. The number of ether oxygens (including phenoxy) is 1. The highest BCUT2D eigenvalue weighted by atomic mass is 32.2. The minimum absolute atomic E-state index is 0.176. The van der Waals surface area contributed by atoms with Gasteiger partial charge in [0.15, 0.2) is 12.4 Å². The van der Waals surface area contributed by atoms with Gasteiger partial charge in [-0.2, -0.15) is 24.4 Å². The number of fused-ring (bicyclic) bond motifs is 1. The number of carboxylic acid groups (broad SMARTS) is 1. The van der Waals surface area contributed by atoms with E-state index in [1.54, 1.807) is 18.4 Å². The summed E-state index contributed by atoms with van der Waals surface area (Å²) >= 11 is 5.70. The first kappa shape index (κ1) is 25.7. The molecule has 2 atom stereocenters. The number of carbonyl (C=O) groups excluding carboxylic acids is 1. The minimum atomic E-state index is -1.09. The van der Waals surface area contributed by atoms with Crippen LogP contribution in [0.5, 0.6) is 5.88 Å². The molecule has 0 aliphatic carbocycles. The first-order valence-corrected chi connectivity index (χ1v) is 12.7. The number of anilines is 1. The Labute approximate surface area is 207 Å². The maximum Gasteiger partial charge on any atom is 0.326 e. The lowest BCUT2D eigenvalue weighted by Crippen LogP contribution is -2.43. The summed E-state index contributed by atoms with van der Waals surface area (Å²) in [7, 11) is 0. The number of rotatable bonds is 13. The zero-order valence-corrected chi connectivity index (χ0v) is 20.4. The second-order valence-corrected chi connectivity index (χ2v) is 8.90. The van der Waals surface area contributed by atoms with Crippen LogP contribution >= 0.6 is 24.4 Å². The Kier molecular flexibility index (Phi) is 9.49. The summed E-state index contributed by atoms with van der Waals surface area (Å²) in [6, 6.07) is 10.1. The van der Waals surface area contributed by atoms with E-state index in [1.807, 2.05) is 30.5 Å². The predicted molar refractivity (Wildman–Crippen MR) is 138 cm³/mol. The number of thiol groups is 1. The van der Waals surface area contributed by atoms with E-state index in [2.05, 4.69) is 28.2 Å². The van der Waals surface area contributed by atoms with Gasteiger partial charge in [-0.3, -0.25) is 4.79 Å². The Morgan fingerprint density at radius 2 is 2.09 bits per heavy atom. The largest absolute Gasteiger partial charge is 0.480 e. The molecule has 3 aromatic rings. The summed E-state index contributed by atoms with van der Waals surface area (Å²) in [6.07, 6.45) is 3.84. The van der Waals surface area contributed by atoms with Gasteiger partial charge in [-0.05, 0) is 30.6 Å². The van der Waals surface area contributed by atoms with Crippen molar-refractivity contribution in [2.24, 2.45) is 5.73 Å². The van der Waals surface area contributed by atoms with Crippen molar-refractivity contribution in [2.45, 2.75) is 18.5 Å². The van der Waals surface area contributed by atoms with Crippen LogP contribution in [0.2, 0.25) is 0 Å². The topological polar surface area (TPSA) is 140 Å². The highest BCUT2D eigenvalue weighted by molar-refractivity contribution is 7.98. The number of benzene rings is 1. The maximum absolute atomic E-state index is 12.4. The lowest BCUT2D eigenvalue weighted by Gasteiger charge is -2.17. The summed E-state index contributed by atoms with van der Waals surface area (Å²) in [6.45, 7) is 0.0260. The smallest absolute Gasteiger partial charge is 0.326 e. The molecule has 3 rings (SSSR count). The summed E-state index contributed by atoms with van der Waals surface area (Å²) in [5, 5.41) is 16.8. The van der Waals surface area contributed by atoms with E-state index >= 15 is 0 Å². The summed E-state index contributed by atoms with van der Waals surface area (Å²) in [5.74, 6) is 0.208. The van der Waals surface area contributed by atoms with Gasteiger partial charge in [-0.1, -0.05) is 24.3 Å². The molecule has 2 unspecified atom stereocenters. The molecule has 1 aromatic carbocycles. The molecule has 34 heavy (non-hydrogen) atoms. The number of aliphatic carboxylic acids is 1. The third-order valence-corrected chi connectivity index (χ3v) is 6.09. The highest BCUT2D eigenvalue weighted by Crippen LogP contribution is 2.32. The van der Waals surface area contributed by atoms with Gasteiger partial charge in [0.25, 0.3) is 5.91 Å². The summed E-state index contributed by atoms with van der Waals surface area (Å²) in [5.41, 5.74) is 7.02. The highest BCUT2D eigenvalue weighted by Gasteiger charge is 2.21. The number of hydrogen-bond donors (Lipinski definition) is 5. The quantitative estimate of drug-likeness (QED) is 0.222. The van der Waals surface area contributed by atoms with Crippen LogP contribution in [0.1, 0.15) is 6.42 Å². The van der Waals surface area contributed by atoms with Gasteiger partial charge in [-0.15, -0.1) is 0 Å². The van der Waals surface area contributed by atoms with Crippen LogP contribution in [0.3, 0.4) is 0 Å². The fourth-order valence-electron chi connectivity index (χ4n) is 3.17. The van der Waals surface area contributed by atoms with Crippen molar-refractivity contribution in [3.8, 4) is 17.3 Å². The molecule has 5 N–H and O–H groups in total. The van der Waals surface area contributed by atoms with Gasteiger partial charge in [0.1, 0.15) is 11.7 Å². The standard InChI is InChI=1S/C23H28N4O5S2/c1-34-9-8-19(23(29)30)26-20(28)12-32-22-18(25-10-15(24)13-33)7-6-17(27-22)21-16-5-3-2-4-14(16)11-31-21/h2-7,11,15,19,25,33H,8-10,12-13,24H2,1H3,(H,26,28)(H,29,30). The van der Waals surface area contributed by atoms with E-state index in [1.165, 1.54) is 11.8 Å². The van der Waals surface area contributed by atoms with Gasteiger partial charge in [0.05, 0.1) is 12.0 Å².